The van der Waals surface area contributed by atoms with Gasteiger partial charge in [-0.3, -0.25) is 4.79 Å². The first-order valence-electron chi connectivity index (χ1n) is 9.10. The zero-order valence-electron chi connectivity index (χ0n) is 15.2. The molecule has 1 aromatic heterocycles. The lowest BCUT2D eigenvalue weighted by molar-refractivity contribution is -0.127. The van der Waals surface area contributed by atoms with Crippen LogP contribution in [0, 0.1) is 0 Å². The summed E-state index contributed by atoms with van der Waals surface area (Å²) >= 11 is 2.89. The second kappa shape index (κ2) is 9.07. The molecule has 0 aliphatic carbocycles. The van der Waals surface area contributed by atoms with Gasteiger partial charge in [0.25, 0.3) is 0 Å². The average molecular weight is 413 g/mol. The molecule has 28 heavy (non-hydrogen) atoms. The van der Waals surface area contributed by atoms with Crippen molar-refractivity contribution in [3.05, 3.63) is 54.6 Å². The highest BCUT2D eigenvalue weighted by molar-refractivity contribution is 8.01. The van der Waals surface area contributed by atoms with E-state index in [1.165, 1.54) is 23.1 Å². The third kappa shape index (κ3) is 5.02. The van der Waals surface area contributed by atoms with Crippen molar-refractivity contribution in [2.45, 2.75) is 17.2 Å². The van der Waals surface area contributed by atoms with Crippen molar-refractivity contribution >= 4 is 39.8 Å². The summed E-state index contributed by atoms with van der Waals surface area (Å²) in [5.41, 5.74) is 0.904. The van der Waals surface area contributed by atoms with Gasteiger partial charge in [-0.2, -0.15) is 0 Å². The SMILES string of the molecule is O=C(CSc1nnc(Nc2ccc(Oc3ccccc3)cc2)s1)N1CCCC1. The number of para-hydroxylation sites is 1. The standard InChI is InChI=1S/C20H20N4O2S2/c25-18(24-12-4-5-13-24)14-27-20-23-22-19(28-20)21-15-8-10-17(11-9-15)26-16-6-2-1-3-7-16/h1-3,6-11H,4-5,12-14H2,(H,21,22). The van der Waals surface area contributed by atoms with E-state index in [9.17, 15) is 4.79 Å². The molecule has 1 amide bonds. The molecule has 6 nitrogen and oxygen atoms in total. The number of thioether (sulfide) groups is 1. The molecule has 3 aromatic rings. The molecule has 0 bridgehead atoms. The smallest absolute Gasteiger partial charge is 0.233 e. The molecule has 144 valence electrons. The predicted molar refractivity (Wildman–Crippen MR) is 113 cm³/mol. The fourth-order valence-corrected chi connectivity index (χ4v) is 4.53. The number of anilines is 2. The average Bonchev–Trinajstić information content (AvgIpc) is 3.41. The maximum atomic E-state index is 12.1. The Kier molecular flexibility index (Phi) is 6.08. The van der Waals surface area contributed by atoms with Gasteiger partial charge in [0.15, 0.2) is 4.34 Å². The van der Waals surface area contributed by atoms with Crippen LogP contribution in [0.4, 0.5) is 10.8 Å². The number of ether oxygens (including phenoxy) is 1. The number of nitrogens with one attached hydrogen (secondary N) is 1. The van der Waals surface area contributed by atoms with Crippen LogP contribution in [0.1, 0.15) is 12.8 Å². The van der Waals surface area contributed by atoms with Gasteiger partial charge in [0.05, 0.1) is 5.75 Å². The molecule has 0 spiro atoms. The summed E-state index contributed by atoms with van der Waals surface area (Å²) in [4.78, 5) is 14.0. The summed E-state index contributed by atoms with van der Waals surface area (Å²) < 4.78 is 6.58. The van der Waals surface area contributed by atoms with E-state index in [1.54, 1.807) is 0 Å². The fraction of sp³-hybridized carbons (Fsp3) is 0.250. The van der Waals surface area contributed by atoms with Crippen molar-refractivity contribution in [2.75, 3.05) is 24.2 Å². The zero-order chi connectivity index (χ0) is 19.2. The quantitative estimate of drug-likeness (QED) is 0.563. The Morgan fingerprint density at radius 1 is 1.04 bits per heavy atom. The van der Waals surface area contributed by atoms with Crippen molar-refractivity contribution < 1.29 is 9.53 Å². The molecule has 8 heteroatoms. The van der Waals surface area contributed by atoms with E-state index in [4.69, 9.17) is 4.74 Å². The summed E-state index contributed by atoms with van der Waals surface area (Å²) in [7, 11) is 0. The first-order valence-corrected chi connectivity index (χ1v) is 10.9. The minimum Gasteiger partial charge on any atom is -0.457 e. The Balaban J connectivity index is 1.29. The number of likely N-dealkylation sites (tertiary alicyclic amines) is 1. The molecule has 0 saturated carbocycles. The Labute approximate surface area is 171 Å². The lowest BCUT2D eigenvalue weighted by Gasteiger charge is -2.13. The van der Waals surface area contributed by atoms with Crippen LogP contribution in [0.15, 0.2) is 58.9 Å². The fourth-order valence-electron chi connectivity index (χ4n) is 2.85. The molecule has 1 aliphatic rings. The van der Waals surface area contributed by atoms with Crippen molar-refractivity contribution in [1.82, 2.24) is 15.1 Å². The van der Waals surface area contributed by atoms with Crippen LogP contribution in [0.25, 0.3) is 0 Å². The van der Waals surface area contributed by atoms with Crippen LogP contribution in [-0.4, -0.2) is 39.8 Å². The third-order valence-electron chi connectivity index (χ3n) is 4.27. The summed E-state index contributed by atoms with van der Waals surface area (Å²) in [5, 5.41) is 12.3. The topological polar surface area (TPSA) is 67.3 Å². The van der Waals surface area contributed by atoms with Crippen LogP contribution in [0.5, 0.6) is 11.5 Å². The Hall–Kier alpha value is -2.58. The molecular formula is C20H20N4O2S2. The lowest BCUT2D eigenvalue weighted by atomic mass is 10.3. The van der Waals surface area contributed by atoms with Gasteiger partial charge >= 0.3 is 0 Å². The maximum absolute atomic E-state index is 12.1. The van der Waals surface area contributed by atoms with E-state index in [0.29, 0.717) is 10.9 Å². The van der Waals surface area contributed by atoms with E-state index in [0.717, 1.165) is 47.5 Å². The molecule has 1 fully saturated rings. The van der Waals surface area contributed by atoms with E-state index >= 15 is 0 Å². The van der Waals surface area contributed by atoms with Gasteiger partial charge in [-0.25, -0.2) is 0 Å². The normalized spacial score (nSPS) is 13.5. The summed E-state index contributed by atoms with van der Waals surface area (Å²) in [6.07, 6.45) is 2.22. The van der Waals surface area contributed by atoms with E-state index in [-0.39, 0.29) is 5.91 Å². The number of benzene rings is 2. The van der Waals surface area contributed by atoms with Crippen LogP contribution in [0.3, 0.4) is 0 Å². The number of hydrogen-bond donors (Lipinski definition) is 1. The zero-order valence-corrected chi connectivity index (χ0v) is 16.8. The van der Waals surface area contributed by atoms with E-state index < -0.39 is 0 Å². The van der Waals surface area contributed by atoms with Gasteiger partial charge < -0.3 is 15.0 Å². The van der Waals surface area contributed by atoms with Crippen LogP contribution in [0.2, 0.25) is 0 Å². The first kappa shape index (κ1) is 18.8. The molecule has 0 radical (unpaired) electrons. The van der Waals surface area contributed by atoms with Crippen molar-refractivity contribution in [3.63, 3.8) is 0 Å². The summed E-state index contributed by atoms with van der Waals surface area (Å²) in [5.74, 6) is 2.17. The highest BCUT2D eigenvalue weighted by Crippen LogP contribution is 2.29. The Bertz CT molecular complexity index is 909. The van der Waals surface area contributed by atoms with Crippen molar-refractivity contribution in [3.8, 4) is 11.5 Å². The largest absolute Gasteiger partial charge is 0.457 e. The van der Waals surface area contributed by atoms with Gasteiger partial charge in [0.1, 0.15) is 11.5 Å². The summed E-state index contributed by atoms with van der Waals surface area (Å²) in [6.45, 7) is 1.76. The van der Waals surface area contributed by atoms with Crippen molar-refractivity contribution in [1.29, 1.82) is 0 Å². The number of hydrogen-bond acceptors (Lipinski definition) is 7. The number of amides is 1. The molecule has 1 saturated heterocycles. The molecule has 2 heterocycles. The highest BCUT2D eigenvalue weighted by Gasteiger charge is 2.18. The third-order valence-corrected chi connectivity index (χ3v) is 6.23. The molecule has 0 unspecified atom stereocenters. The minimum atomic E-state index is 0.182. The number of aromatic nitrogens is 2. The predicted octanol–water partition coefficient (Wildman–Crippen LogP) is 4.79. The second-order valence-electron chi connectivity index (χ2n) is 6.31. The van der Waals surface area contributed by atoms with E-state index in [1.807, 2.05) is 59.5 Å². The van der Waals surface area contributed by atoms with Crippen LogP contribution >= 0.6 is 23.1 Å². The van der Waals surface area contributed by atoms with Gasteiger partial charge in [0.2, 0.25) is 11.0 Å². The van der Waals surface area contributed by atoms with Crippen LogP contribution < -0.4 is 10.1 Å². The highest BCUT2D eigenvalue weighted by atomic mass is 32.2. The van der Waals surface area contributed by atoms with Gasteiger partial charge in [0, 0.05) is 18.8 Å². The van der Waals surface area contributed by atoms with Gasteiger partial charge in [-0.05, 0) is 49.2 Å². The van der Waals surface area contributed by atoms with E-state index in [2.05, 4.69) is 15.5 Å². The number of carbonyl (C=O) groups excluding carboxylic acids is 1. The number of rotatable bonds is 7. The molecule has 4 rings (SSSR count). The molecule has 1 aliphatic heterocycles. The molecule has 2 aromatic carbocycles. The first-order chi connectivity index (χ1) is 13.8. The van der Waals surface area contributed by atoms with Crippen molar-refractivity contribution in [2.24, 2.45) is 0 Å². The maximum Gasteiger partial charge on any atom is 0.233 e. The molecule has 0 atom stereocenters. The number of carbonyl (C=O) groups is 1. The number of nitrogens with zero attached hydrogens (tertiary/aromatic N) is 3. The second-order valence-corrected chi connectivity index (χ2v) is 8.51. The monoisotopic (exact) mass is 412 g/mol. The Morgan fingerprint density at radius 3 is 2.50 bits per heavy atom. The lowest BCUT2D eigenvalue weighted by Crippen LogP contribution is -2.29. The van der Waals surface area contributed by atoms with Gasteiger partial charge in [-0.15, -0.1) is 10.2 Å². The molecular weight excluding hydrogens is 392 g/mol. The summed E-state index contributed by atoms with van der Waals surface area (Å²) in [6, 6.07) is 17.3. The van der Waals surface area contributed by atoms with Crippen LogP contribution in [-0.2, 0) is 4.79 Å². The van der Waals surface area contributed by atoms with Gasteiger partial charge in [-0.1, -0.05) is 41.3 Å². The minimum absolute atomic E-state index is 0.182. The Morgan fingerprint density at radius 2 is 1.75 bits per heavy atom. The molecule has 1 N–H and O–H groups in total.